The van der Waals surface area contributed by atoms with Crippen LogP contribution in [0, 0.1) is 0 Å². The third-order valence-corrected chi connectivity index (χ3v) is 1.66. The van der Waals surface area contributed by atoms with E-state index >= 15 is 0 Å². The van der Waals surface area contributed by atoms with Crippen molar-refractivity contribution in [2.45, 2.75) is 13.0 Å². The zero-order valence-electron chi connectivity index (χ0n) is 8.26. The van der Waals surface area contributed by atoms with Crippen molar-refractivity contribution in [1.29, 1.82) is 0 Å². The second-order valence-corrected chi connectivity index (χ2v) is 2.85. The first-order chi connectivity index (χ1) is 7.63. The highest BCUT2D eigenvalue weighted by atomic mass is 19.1. The van der Waals surface area contributed by atoms with Gasteiger partial charge in [0.2, 0.25) is 5.91 Å². The van der Waals surface area contributed by atoms with Gasteiger partial charge in [-0.05, 0) is 10.4 Å². The average molecular weight is 231 g/mol. The molecule has 0 atom stereocenters. The third kappa shape index (κ3) is 3.59. The van der Waals surface area contributed by atoms with E-state index < -0.39 is 25.1 Å². The summed E-state index contributed by atoms with van der Waals surface area (Å²) in [5, 5.41) is 20.8. The number of carboxylic acid groups (broad SMARTS) is 1. The Labute approximate surface area is 89.4 Å². The monoisotopic (exact) mass is 231 g/mol. The quantitative estimate of drug-likeness (QED) is 0.609. The van der Waals surface area contributed by atoms with Crippen molar-refractivity contribution in [2.75, 3.05) is 13.2 Å². The molecule has 0 aliphatic heterocycles. The van der Waals surface area contributed by atoms with Gasteiger partial charge in [-0.25, -0.2) is 9.07 Å². The number of aryl methyl sites for hydroxylation is 1. The van der Waals surface area contributed by atoms with Crippen molar-refractivity contribution < 1.29 is 19.1 Å². The Bertz CT molecular complexity index is 380. The molecule has 0 aliphatic carbocycles. The Morgan fingerprint density at radius 2 is 2.25 bits per heavy atom. The fourth-order valence-corrected chi connectivity index (χ4v) is 0.984. The summed E-state index contributed by atoms with van der Waals surface area (Å²) in [7, 11) is 0. The lowest BCUT2D eigenvalue weighted by atomic mass is 10.3. The molecule has 1 aromatic heterocycles. The minimum Gasteiger partial charge on any atom is -0.480 e. The van der Waals surface area contributed by atoms with Crippen molar-refractivity contribution in [2.24, 2.45) is 0 Å². The minimum absolute atomic E-state index is 0.0332. The number of carbonyl (C=O) groups is 2. The van der Waals surface area contributed by atoms with Crippen molar-refractivity contribution >= 4 is 11.9 Å². The van der Waals surface area contributed by atoms with E-state index in [4.69, 9.17) is 5.11 Å². The highest BCUT2D eigenvalue weighted by Crippen LogP contribution is 1.94. The summed E-state index contributed by atoms with van der Waals surface area (Å²) >= 11 is 0. The highest BCUT2D eigenvalue weighted by molar-refractivity contribution is 5.82. The van der Waals surface area contributed by atoms with Gasteiger partial charge in [-0.15, -0.1) is 5.10 Å². The normalized spacial score (nSPS) is 10.1. The molecule has 16 heavy (non-hydrogen) atoms. The van der Waals surface area contributed by atoms with E-state index in [-0.39, 0.29) is 18.8 Å². The standard InChI is InChI=1S/C7H10FN5O3/c8-1-2-13-5(10-11-12-13)3-6(14)9-4-7(15)16/h1-4H2,(H,9,14)(H,15,16). The van der Waals surface area contributed by atoms with Gasteiger partial charge in [-0.1, -0.05) is 0 Å². The van der Waals surface area contributed by atoms with E-state index in [9.17, 15) is 14.0 Å². The van der Waals surface area contributed by atoms with E-state index in [2.05, 4.69) is 20.8 Å². The second kappa shape index (κ2) is 5.73. The zero-order valence-corrected chi connectivity index (χ0v) is 8.26. The summed E-state index contributed by atoms with van der Waals surface area (Å²) in [4.78, 5) is 21.4. The molecule has 1 amide bonds. The molecule has 1 rings (SSSR count). The van der Waals surface area contributed by atoms with Gasteiger partial charge in [-0.2, -0.15) is 0 Å². The van der Waals surface area contributed by atoms with Gasteiger partial charge in [0.1, 0.15) is 13.2 Å². The van der Waals surface area contributed by atoms with E-state index in [1.807, 2.05) is 0 Å². The number of aromatic nitrogens is 4. The molecule has 88 valence electrons. The molecule has 0 fully saturated rings. The lowest BCUT2D eigenvalue weighted by Gasteiger charge is -2.02. The maximum absolute atomic E-state index is 12.0. The zero-order chi connectivity index (χ0) is 12.0. The number of nitrogens with one attached hydrogen (secondary N) is 1. The molecule has 0 saturated carbocycles. The topological polar surface area (TPSA) is 110 Å². The molecular weight excluding hydrogens is 221 g/mol. The lowest BCUT2D eigenvalue weighted by molar-refractivity contribution is -0.137. The first kappa shape index (κ1) is 12.0. The van der Waals surface area contributed by atoms with Gasteiger partial charge >= 0.3 is 5.97 Å². The molecule has 9 heteroatoms. The van der Waals surface area contributed by atoms with Crippen molar-refractivity contribution in [3.8, 4) is 0 Å². The summed E-state index contributed by atoms with van der Waals surface area (Å²) in [5.41, 5.74) is 0. The number of nitrogens with zero attached hydrogens (tertiary/aromatic N) is 4. The Morgan fingerprint density at radius 1 is 1.50 bits per heavy atom. The van der Waals surface area contributed by atoms with Gasteiger partial charge in [-0.3, -0.25) is 9.59 Å². The number of aliphatic carboxylic acids is 1. The molecule has 0 aromatic carbocycles. The van der Waals surface area contributed by atoms with Gasteiger partial charge in [0.05, 0.1) is 13.0 Å². The first-order valence-corrected chi connectivity index (χ1v) is 4.43. The molecule has 0 aliphatic rings. The third-order valence-electron chi connectivity index (χ3n) is 1.66. The van der Waals surface area contributed by atoms with E-state index in [0.717, 1.165) is 4.68 Å². The maximum Gasteiger partial charge on any atom is 0.322 e. The fourth-order valence-electron chi connectivity index (χ4n) is 0.984. The van der Waals surface area contributed by atoms with Crippen LogP contribution < -0.4 is 5.32 Å². The molecule has 1 heterocycles. The van der Waals surface area contributed by atoms with Crippen LogP contribution in [0.2, 0.25) is 0 Å². The molecule has 0 spiro atoms. The van der Waals surface area contributed by atoms with Crippen LogP contribution in [0.25, 0.3) is 0 Å². The molecule has 8 nitrogen and oxygen atoms in total. The number of amides is 1. The van der Waals surface area contributed by atoms with Gasteiger partial charge in [0.25, 0.3) is 0 Å². The van der Waals surface area contributed by atoms with Crippen LogP contribution >= 0.6 is 0 Å². The molecule has 2 N–H and O–H groups in total. The predicted molar refractivity (Wildman–Crippen MR) is 48.1 cm³/mol. The minimum atomic E-state index is -1.14. The number of hydrogen-bond donors (Lipinski definition) is 2. The van der Waals surface area contributed by atoms with E-state index in [1.54, 1.807) is 0 Å². The Hall–Kier alpha value is -2.06. The summed E-state index contributed by atoms with van der Waals surface area (Å²) < 4.78 is 13.2. The molecule has 0 unspecified atom stereocenters. The van der Waals surface area contributed by atoms with Gasteiger partial charge in [0, 0.05) is 0 Å². The maximum atomic E-state index is 12.0. The highest BCUT2D eigenvalue weighted by Gasteiger charge is 2.11. The van der Waals surface area contributed by atoms with Crippen LogP contribution in [0.3, 0.4) is 0 Å². The smallest absolute Gasteiger partial charge is 0.322 e. The van der Waals surface area contributed by atoms with Gasteiger partial charge < -0.3 is 10.4 Å². The first-order valence-electron chi connectivity index (χ1n) is 4.43. The number of tetrazole rings is 1. The number of carbonyl (C=O) groups excluding carboxylic acids is 1. The second-order valence-electron chi connectivity index (χ2n) is 2.85. The molecule has 0 radical (unpaired) electrons. The molecule has 0 bridgehead atoms. The van der Waals surface area contributed by atoms with Crippen LogP contribution in [0.4, 0.5) is 4.39 Å². The van der Waals surface area contributed by atoms with Crippen molar-refractivity contribution in [3.63, 3.8) is 0 Å². The lowest BCUT2D eigenvalue weighted by Crippen LogP contribution is -2.31. The summed E-state index contributed by atoms with van der Waals surface area (Å²) in [6.45, 7) is -1.15. The van der Waals surface area contributed by atoms with E-state index in [0.29, 0.717) is 0 Å². The number of halogens is 1. The number of rotatable bonds is 6. The SMILES string of the molecule is O=C(O)CNC(=O)Cc1nnnn1CCF. The Balaban J connectivity index is 2.48. The van der Waals surface area contributed by atoms with Crippen LogP contribution in [-0.4, -0.2) is 50.4 Å². The van der Waals surface area contributed by atoms with E-state index in [1.165, 1.54) is 0 Å². The fraction of sp³-hybridized carbons (Fsp3) is 0.571. The summed E-state index contributed by atoms with van der Waals surface area (Å²) in [6.07, 6.45) is -0.180. The average Bonchev–Trinajstić information content (AvgIpc) is 2.63. The van der Waals surface area contributed by atoms with Gasteiger partial charge in [0.15, 0.2) is 5.82 Å². The van der Waals surface area contributed by atoms with Crippen LogP contribution in [0.1, 0.15) is 5.82 Å². The molecule has 1 aromatic rings. The number of carboxylic acids is 1. The number of hydrogen-bond acceptors (Lipinski definition) is 5. The molecule has 0 saturated heterocycles. The predicted octanol–water partition coefficient (Wildman–Crippen LogP) is -1.61. The van der Waals surface area contributed by atoms with Crippen molar-refractivity contribution in [1.82, 2.24) is 25.5 Å². The summed E-state index contributed by atoms with van der Waals surface area (Å²) in [5.74, 6) is -1.48. The largest absolute Gasteiger partial charge is 0.480 e. The summed E-state index contributed by atoms with van der Waals surface area (Å²) in [6, 6.07) is 0. The molecular formula is C7H10FN5O3. The Kier molecular flexibility index (Phi) is 4.30. The number of alkyl halides is 1. The van der Waals surface area contributed by atoms with Crippen molar-refractivity contribution in [3.05, 3.63) is 5.82 Å². The van der Waals surface area contributed by atoms with Crippen LogP contribution in [0.5, 0.6) is 0 Å². The van der Waals surface area contributed by atoms with Crippen LogP contribution in [-0.2, 0) is 22.6 Å². The Morgan fingerprint density at radius 3 is 2.88 bits per heavy atom. The van der Waals surface area contributed by atoms with Crippen LogP contribution in [0.15, 0.2) is 0 Å².